The second kappa shape index (κ2) is 6.30. The van der Waals surface area contributed by atoms with Crippen molar-refractivity contribution in [2.75, 3.05) is 6.54 Å². The molecule has 0 saturated carbocycles. The summed E-state index contributed by atoms with van der Waals surface area (Å²) in [5.41, 5.74) is 6.65. The highest BCUT2D eigenvalue weighted by molar-refractivity contribution is 6.01. The average Bonchev–Trinajstić information content (AvgIpc) is 2.62. The van der Waals surface area contributed by atoms with Crippen LogP contribution < -0.4 is 10.5 Å². The third-order valence-electron chi connectivity index (χ3n) is 5.62. The van der Waals surface area contributed by atoms with Gasteiger partial charge in [-0.3, -0.25) is 9.59 Å². The molecule has 2 bridgehead atoms. The number of hydrogen-bond donors (Lipinski definition) is 2. The van der Waals surface area contributed by atoms with Gasteiger partial charge in [0.05, 0.1) is 0 Å². The molecule has 6 nitrogen and oxygen atoms in total. The van der Waals surface area contributed by atoms with Crippen molar-refractivity contribution in [2.45, 2.75) is 31.4 Å². The molecule has 0 aliphatic carbocycles. The van der Waals surface area contributed by atoms with Gasteiger partial charge in [-0.25, -0.2) is 0 Å². The summed E-state index contributed by atoms with van der Waals surface area (Å²) in [5.74, 6) is -1.14. The topological polar surface area (TPSA) is 92.9 Å². The van der Waals surface area contributed by atoms with Crippen molar-refractivity contribution in [3.8, 4) is 11.5 Å². The number of aromatic hydroxyl groups is 1. The molecule has 0 radical (unpaired) electrons. The Morgan fingerprint density at radius 3 is 2.67 bits per heavy atom. The number of carbonyl (C=O) groups excluding carboxylic acids is 2. The lowest BCUT2D eigenvalue weighted by Gasteiger charge is -2.52. The van der Waals surface area contributed by atoms with Crippen LogP contribution in [0.15, 0.2) is 48.5 Å². The number of hydrogen-bond acceptors (Lipinski definition) is 4. The van der Waals surface area contributed by atoms with Crippen molar-refractivity contribution in [3.63, 3.8) is 0 Å². The number of phenols is 1. The van der Waals surface area contributed by atoms with Crippen LogP contribution >= 0.6 is 0 Å². The normalized spacial score (nSPS) is 26.3. The van der Waals surface area contributed by atoms with Gasteiger partial charge in [0.15, 0.2) is 5.72 Å². The SMILES string of the molecule is C[C@@]12C[C@@H](c3ccccc3O1)[C@@H](C(N)=O)C(=O)N2CCc1ccc(O)cc1. The molecule has 0 unspecified atom stereocenters. The first-order valence-corrected chi connectivity index (χ1v) is 9.06. The monoisotopic (exact) mass is 366 g/mol. The van der Waals surface area contributed by atoms with E-state index in [1.165, 1.54) is 0 Å². The van der Waals surface area contributed by atoms with Crippen molar-refractivity contribution < 1.29 is 19.4 Å². The van der Waals surface area contributed by atoms with Crippen LogP contribution in [0.1, 0.15) is 30.4 Å². The molecule has 2 aromatic carbocycles. The van der Waals surface area contributed by atoms with Gasteiger partial charge in [-0.1, -0.05) is 30.3 Å². The minimum atomic E-state index is -0.886. The number of ether oxygens (including phenoxy) is 1. The minimum absolute atomic E-state index is 0.198. The highest BCUT2D eigenvalue weighted by Gasteiger charge is 2.55. The van der Waals surface area contributed by atoms with Crippen LogP contribution in [-0.2, 0) is 16.0 Å². The number of benzene rings is 2. The van der Waals surface area contributed by atoms with E-state index >= 15 is 0 Å². The first kappa shape index (κ1) is 17.4. The van der Waals surface area contributed by atoms with E-state index in [0.29, 0.717) is 25.1 Å². The molecule has 3 N–H and O–H groups in total. The van der Waals surface area contributed by atoms with Crippen molar-refractivity contribution in [1.29, 1.82) is 0 Å². The molecule has 3 atom stereocenters. The second-order valence-electron chi connectivity index (χ2n) is 7.41. The average molecular weight is 366 g/mol. The molecular formula is C21H22N2O4. The Balaban J connectivity index is 1.67. The van der Waals surface area contributed by atoms with Gasteiger partial charge in [-0.05, 0) is 42.7 Å². The molecule has 2 amide bonds. The molecule has 2 heterocycles. The Kier molecular flexibility index (Phi) is 4.06. The molecule has 4 rings (SSSR count). The van der Waals surface area contributed by atoms with Crippen LogP contribution in [-0.4, -0.2) is 34.1 Å². The third-order valence-corrected chi connectivity index (χ3v) is 5.62. The Labute approximate surface area is 157 Å². The first-order valence-electron chi connectivity index (χ1n) is 9.06. The number of rotatable bonds is 4. The first-order chi connectivity index (χ1) is 12.9. The number of fused-ring (bicyclic) bond motifs is 4. The van der Waals surface area contributed by atoms with E-state index in [1.54, 1.807) is 17.0 Å². The number of carbonyl (C=O) groups is 2. The minimum Gasteiger partial charge on any atom is -0.508 e. The summed E-state index contributed by atoms with van der Waals surface area (Å²) in [5, 5.41) is 9.43. The molecule has 0 spiro atoms. The summed E-state index contributed by atoms with van der Waals surface area (Å²) < 4.78 is 6.22. The zero-order valence-electron chi connectivity index (χ0n) is 15.1. The molecule has 2 aliphatic rings. The van der Waals surface area contributed by atoms with Crippen molar-refractivity contribution >= 4 is 11.8 Å². The number of nitrogens with zero attached hydrogens (tertiary/aromatic N) is 1. The van der Waals surface area contributed by atoms with Crippen LogP contribution in [0.4, 0.5) is 0 Å². The maximum absolute atomic E-state index is 13.2. The predicted octanol–water partition coefficient (Wildman–Crippen LogP) is 2.16. The maximum atomic E-state index is 13.2. The van der Waals surface area contributed by atoms with Gasteiger partial charge in [-0.2, -0.15) is 0 Å². The third kappa shape index (κ3) is 2.91. The number of likely N-dealkylation sites (tertiary alicyclic amines) is 1. The Hall–Kier alpha value is -3.02. The largest absolute Gasteiger partial charge is 0.508 e. The number of para-hydroxylation sites is 1. The Morgan fingerprint density at radius 2 is 1.96 bits per heavy atom. The Bertz CT molecular complexity index is 895. The van der Waals surface area contributed by atoms with Crippen LogP contribution in [0.5, 0.6) is 11.5 Å². The fraction of sp³-hybridized carbons (Fsp3) is 0.333. The van der Waals surface area contributed by atoms with Gasteiger partial charge in [-0.15, -0.1) is 0 Å². The molecule has 0 aromatic heterocycles. The van der Waals surface area contributed by atoms with Crippen molar-refractivity contribution in [2.24, 2.45) is 11.7 Å². The Morgan fingerprint density at radius 1 is 1.26 bits per heavy atom. The van der Waals surface area contributed by atoms with E-state index in [9.17, 15) is 14.7 Å². The highest BCUT2D eigenvalue weighted by Crippen LogP contribution is 2.49. The van der Waals surface area contributed by atoms with Gasteiger partial charge in [0.25, 0.3) is 0 Å². The van der Waals surface area contributed by atoms with E-state index < -0.39 is 17.6 Å². The quantitative estimate of drug-likeness (QED) is 0.811. The van der Waals surface area contributed by atoms with E-state index in [2.05, 4.69) is 0 Å². The number of phenolic OH excluding ortho intramolecular Hbond substituents is 1. The molecule has 140 valence electrons. The van der Waals surface area contributed by atoms with E-state index in [1.807, 2.05) is 43.3 Å². The molecule has 2 aliphatic heterocycles. The molecular weight excluding hydrogens is 344 g/mol. The summed E-state index contributed by atoms with van der Waals surface area (Å²) in [6.45, 7) is 2.29. The molecule has 1 saturated heterocycles. The molecule has 1 fully saturated rings. The van der Waals surface area contributed by atoms with Gasteiger partial charge in [0, 0.05) is 18.9 Å². The summed E-state index contributed by atoms with van der Waals surface area (Å²) in [4.78, 5) is 27.0. The molecule has 2 aromatic rings. The standard InChI is InChI=1S/C21H22N2O4/c1-21-12-16(15-4-2-3-5-17(15)27-21)18(19(22)25)20(26)23(21)11-10-13-6-8-14(24)9-7-13/h2-9,16,18,24H,10-12H2,1H3,(H2,22,25)/t16-,18-,21-/m0/s1. The van der Waals surface area contributed by atoms with E-state index in [4.69, 9.17) is 10.5 Å². The number of nitrogens with two attached hydrogens (primary N) is 1. The summed E-state index contributed by atoms with van der Waals surface area (Å²) in [6.07, 6.45) is 1.11. The van der Waals surface area contributed by atoms with Crippen LogP contribution in [0.3, 0.4) is 0 Å². The number of amides is 2. The summed E-state index contributed by atoms with van der Waals surface area (Å²) in [7, 11) is 0. The van der Waals surface area contributed by atoms with Gasteiger partial charge < -0.3 is 20.5 Å². The van der Waals surface area contributed by atoms with Gasteiger partial charge in [0.2, 0.25) is 11.8 Å². The van der Waals surface area contributed by atoms with E-state index in [0.717, 1.165) is 11.1 Å². The lowest BCUT2D eigenvalue weighted by molar-refractivity contribution is -0.175. The highest BCUT2D eigenvalue weighted by atomic mass is 16.5. The van der Waals surface area contributed by atoms with Crippen LogP contribution in [0, 0.1) is 5.92 Å². The maximum Gasteiger partial charge on any atom is 0.238 e. The van der Waals surface area contributed by atoms with E-state index in [-0.39, 0.29) is 17.6 Å². The zero-order valence-corrected chi connectivity index (χ0v) is 15.1. The summed E-state index contributed by atoms with van der Waals surface area (Å²) in [6, 6.07) is 14.4. The van der Waals surface area contributed by atoms with Gasteiger partial charge >= 0.3 is 0 Å². The van der Waals surface area contributed by atoms with Crippen LogP contribution in [0.25, 0.3) is 0 Å². The predicted molar refractivity (Wildman–Crippen MR) is 99.0 cm³/mol. The van der Waals surface area contributed by atoms with Crippen molar-refractivity contribution in [3.05, 3.63) is 59.7 Å². The van der Waals surface area contributed by atoms with Gasteiger partial charge in [0.1, 0.15) is 17.4 Å². The molecule has 27 heavy (non-hydrogen) atoms. The number of piperidine rings is 1. The lowest BCUT2D eigenvalue weighted by atomic mass is 9.73. The zero-order chi connectivity index (χ0) is 19.2. The number of primary amides is 1. The lowest BCUT2D eigenvalue weighted by Crippen LogP contribution is -2.64. The fourth-order valence-corrected chi connectivity index (χ4v) is 4.28. The van der Waals surface area contributed by atoms with Crippen LogP contribution in [0.2, 0.25) is 0 Å². The smallest absolute Gasteiger partial charge is 0.238 e. The molecule has 6 heteroatoms. The fourth-order valence-electron chi connectivity index (χ4n) is 4.28. The second-order valence-corrected chi connectivity index (χ2v) is 7.41. The van der Waals surface area contributed by atoms with Crippen molar-refractivity contribution in [1.82, 2.24) is 4.90 Å². The summed E-state index contributed by atoms with van der Waals surface area (Å²) >= 11 is 0.